The average Bonchev–Trinajstić information content (AvgIpc) is 2.77. The molecule has 114 valence electrons. The highest BCUT2D eigenvalue weighted by Crippen LogP contribution is 2.26. The van der Waals surface area contributed by atoms with Gasteiger partial charge in [0.25, 0.3) is 10.0 Å². The molecule has 2 aromatic rings. The van der Waals surface area contributed by atoms with Crippen LogP contribution >= 0.6 is 0 Å². The summed E-state index contributed by atoms with van der Waals surface area (Å²) in [6.07, 6.45) is 5.81. The number of pyridine rings is 1. The first kappa shape index (κ1) is 14.3. The Morgan fingerprint density at radius 2 is 2.10 bits per heavy atom. The van der Waals surface area contributed by atoms with Gasteiger partial charge in [0.1, 0.15) is 5.65 Å². The predicted octanol–water partition coefficient (Wildman–Crippen LogP) is 1.77. The molecule has 0 bridgehead atoms. The lowest BCUT2D eigenvalue weighted by Crippen LogP contribution is -2.41. The summed E-state index contributed by atoms with van der Waals surface area (Å²) >= 11 is 0. The van der Waals surface area contributed by atoms with E-state index in [1.165, 1.54) is 4.40 Å². The van der Waals surface area contributed by atoms with Gasteiger partial charge in [-0.15, -0.1) is 0 Å². The molecule has 6 nitrogen and oxygen atoms in total. The van der Waals surface area contributed by atoms with E-state index >= 15 is 0 Å². The smallest absolute Gasteiger partial charge is 0.260 e. The van der Waals surface area contributed by atoms with E-state index in [0.29, 0.717) is 11.6 Å². The molecule has 2 unspecified atom stereocenters. The first-order valence-corrected chi connectivity index (χ1v) is 8.72. The lowest BCUT2D eigenvalue weighted by atomic mass is 9.87. The number of fused-ring (bicyclic) bond motifs is 1. The standard InChI is InChI=1S/C14H20N4O2S/c1-10-6-2-3-7-11(10)17-21(19,20)14-13(15)16-12-8-4-5-9-18(12)14/h4-5,8-11,17H,2-3,6-7,15H2,1H3. The minimum atomic E-state index is -3.68. The molecule has 2 heterocycles. The van der Waals surface area contributed by atoms with Gasteiger partial charge in [-0.1, -0.05) is 25.8 Å². The van der Waals surface area contributed by atoms with E-state index in [-0.39, 0.29) is 16.9 Å². The lowest BCUT2D eigenvalue weighted by molar-refractivity contribution is 0.310. The molecule has 21 heavy (non-hydrogen) atoms. The normalized spacial score (nSPS) is 23.5. The van der Waals surface area contributed by atoms with Crippen molar-refractivity contribution >= 4 is 21.5 Å². The fourth-order valence-electron chi connectivity index (χ4n) is 3.01. The van der Waals surface area contributed by atoms with E-state index in [0.717, 1.165) is 25.7 Å². The molecule has 0 radical (unpaired) electrons. The lowest BCUT2D eigenvalue weighted by Gasteiger charge is -2.29. The fourth-order valence-corrected chi connectivity index (χ4v) is 4.60. The number of hydrogen-bond donors (Lipinski definition) is 2. The van der Waals surface area contributed by atoms with Crippen molar-refractivity contribution in [1.82, 2.24) is 14.1 Å². The highest BCUT2D eigenvalue weighted by molar-refractivity contribution is 7.89. The van der Waals surface area contributed by atoms with Crippen LogP contribution in [-0.2, 0) is 10.0 Å². The Bertz CT molecular complexity index is 753. The van der Waals surface area contributed by atoms with Gasteiger partial charge in [0, 0.05) is 12.2 Å². The molecular formula is C14H20N4O2S. The molecule has 1 aliphatic carbocycles. The third kappa shape index (κ3) is 2.63. The molecule has 0 aliphatic heterocycles. The fraction of sp³-hybridized carbons (Fsp3) is 0.500. The summed E-state index contributed by atoms with van der Waals surface area (Å²) in [7, 11) is -3.68. The van der Waals surface area contributed by atoms with Crippen molar-refractivity contribution in [3.63, 3.8) is 0 Å². The van der Waals surface area contributed by atoms with Crippen molar-refractivity contribution in [2.45, 2.75) is 43.7 Å². The third-order valence-electron chi connectivity index (χ3n) is 4.18. The van der Waals surface area contributed by atoms with E-state index in [1.807, 2.05) is 0 Å². The Balaban J connectivity index is 1.98. The number of nitrogens with two attached hydrogens (primary N) is 1. The highest BCUT2D eigenvalue weighted by atomic mass is 32.2. The van der Waals surface area contributed by atoms with Gasteiger partial charge in [0.15, 0.2) is 10.8 Å². The summed E-state index contributed by atoms with van der Waals surface area (Å²) in [6.45, 7) is 2.09. The minimum absolute atomic E-state index is 0.0302. The van der Waals surface area contributed by atoms with Crippen molar-refractivity contribution in [2.24, 2.45) is 5.92 Å². The van der Waals surface area contributed by atoms with Gasteiger partial charge in [-0.25, -0.2) is 18.1 Å². The number of rotatable bonds is 3. The molecule has 1 aliphatic rings. The third-order valence-corrected chi connectivity index (χ3v) is 5.71. The van der Waals surface area contributed by atoms with Crippen LogP contribution in [0.15, 0.2) is 29.4 Å². The average molecular weight is 308 g/mol. The van der Waals surface area contributed by atoms with E-state index < -0.39 is 10.0 Å². The quantitative estimate of drug-likeness (QED) is 0.904. The van der Waals surface area contributed by atoms with Gasteiger partial charge >= 0.3 is 0 Å². The number of nitrogens with zero attached hydrogens (tertiary/aromatic N) is 2. The maximum atomic E-state index is 12.7. The van der Waals surface area contributed by atoms with Crippen LogP contribution in [0.5, 0.6) is 0 Å². The molecule has 3 N–H and O–H groups in total. The van der Waals surface area contributed by atoms with Crippen LogP contribution in [0, 0.1) is 5.92 Å². The Morgan fingerprint density at radius 1 is 1.33 bits per heavy atom. The van der Waals surface area contributed by atoms with Crippen LogP contribution in [0.1, 0.15) is 32.6 Å². The van der Waals surface area contributed by atoms with E-state index in [2.05, 4.69) is 16.6 Å². The van der Waals surface area contributed by atoms with Crippen molar-refractivity contribution in [2.75, 3.05) is 5.73 Å². The molecule has 3 rings (SSSR count). The van der Waals surface area contributed by atoms with Crippen LogP contribution < -0.4 is 10.5 Å². The highest BCUT2D eigenvalue weighted by Gasteiger charge is 2.30. The summed E-state index contributed by atoms with van der Waals surface area (Å²) < 4.78 is 29.7. The van der Waals surface area contributed by atoms with Gasteiger partial charge < -0.3 is 5.73 Å². The number of anilines is 1. The predicted molar refractivity (Wildman–Crippen MR) is 81.3 cm³/mol. The van der Waals surface area contributed by atoms with Crippen molar-refractivity contribution in [1.29, 1.82) is 0 Å². The molecule has 0 amide bonds. The molecule has 0 saturated heterocycles. The summed E-state index contributed by atoms with van der Waals surface area (Å²) in [5.41, 5.74) is 6.36. The molecule has 0 aromatic carbocycles. The molecular weight excluding hydrogens is 288 g/mol. The van der Waals surface area contributed by atoms with Crippen LogP contribution in [-0.4, -0.2) is 23.8 Å². The maximum absolute atomic E-state index is 12.7. The van der Waals surface area contributed by atoms with E-state index in [9.17, 15) is 8.42 Å². The molecule has 1 fully saturated rings. The zero-order valence-corrected chi connectivity index (χ0v) is 12.8. The Hall–Kier alpha value is -1.60. The topological polar surface area (TPSA) is 89.5 Å². The summed E-state index contributed by atoms with van der Waals surface area (Å²) in [6, 6.07) is 5.27. The van der Waals surface area contributed by atoms with Gasteiger partial charge in [-0.3, -0.25) is 4.40 Å². The van der Waals surface area contributed by atoms with Crippen molar-refractivity contribution in [3.05, 3.63) is 24.4 Å². The van der Waals surface area contributed by atoms with Gasteiger partial charge in [0.2, 0.25) is 0 Å². The number of aromatic nitrogens is 2. The monoisotopic (exact) mass is 308 g/mol. The largest absolute Gasteiger partial charge is 0.381 e. The molecule has 0 spiro atoms. The van der Waals surface area contributed by atoms with E-state index in [1.54, 1.807) is 24.4 Å². The molecule has 2 aromatic heterocycles. The maximum Gasteiger partial charge on any atom is 0.260 e. The first-order valence-electron chi connectivity index (χ1n) is 7.24. The first-order chi connectivity index (χ1) is 9.99. The zero-order valence-electron chi connectivity index (χ0n) is 12.0. The number of imidazole rings is 1. The Morgan fingerprint density at radius 3 is 2.86 bits per heavy atom. The number of hydrogen-bond acceptors (Lipinski definition) is 4. The second-order valence-corrected chi connectivity index (χ2v) is 7.35. The molecule has 1 saturated carbocycles. The Kier molecular flexibility index (Phi) is 3.62. The number of sulfonamides is 1. The second-order valence-electron chi connectivity index (χ2n) is 5.72. The van der Waals surface area contributed by atoms with Crippen LogP contribution in [0.3, 0.4) is 0 Å². The van der Waals surface area contributed by atoms with E-state index in [4.69, 9.17) is 5.73 Å². The summed E-state index contributed by atoms with van der Waals surface area (Å²) in [4.78, 5) is 4.11. The van der Waals surface area contributed by atoms with Crippen LogP contribution in [0.25, 0.3) is 5.65 Å². The summed E-state index contributed by atoms with van der Waals surface area (Å²) in [5.74, 6) is 0.381. The van der Waals surface area contributed by atoms with Gasteiger partial charge in [-0.2, -0.15) is 0 Å². The van der Waals surface area contributed by atoms with Crippen LogP contribution in [0.2, 0.25) is 0 Å². The van der Waals surface area contributed by atoms with Crippen molar-refractivity contribution < 1.29 is 8.42 Å². The number of nitrogen functional groups attached to an aromatic ring is 1. The molecule has 2 atom stereocenters. The molecule has 7 heteroatoms. The van der Waals surface area contributed by atoms with Gasteiger partial charge in [-0.05, 0) is 30.9 Å². The SMILES string of the molecule is CC1CCCCC1NS(=O)(=O)c1c(N)nc2ccccn12. The minimum Gasteiger partial charge on any atom is -0.381 e. The van der Waals surface area contributed by atoms with Crippen molar-refractivity contribution in [3.8, 4) is 0 Å². The second kappa shape index (κ2) is 5.31. The summed E-state index contributed by atoms with van der Waals surface area (Å²) in [5, 5.41) is 0.0378. The van der Waals surface area contributed by atoms with Gasteiger partial charge in [0.05, 0.1) is 0 Å². The van der Waals surface area contributed by atoms with Crippen LogP contribution in [0.4, 0.5) is 5.82 Å². The number of nitrogens with one attached hydrogen (secondary N) is 1. The zero-order chi connectivity index (χ0) is 15.0. The Labute approximate surface area is 124 Å².